The van der Waals surface area contributed by atoms with Gasteiger partial charge < -0.3 is 10.1 Å². The monoisotopic (exact) mass is 266 g/mol. The molecular formula is C13H18N2O4. The van der Waals surface area contributed by atoms with E-state index in [2.05, 4.69) is 5.32 Å². The Bertz CT molecular complexity index is 401. The maximum Gasteiger partial charge on any atom is 0.407 e. The minimum atomic E-state index is -0.481. The lowest BCUT2D eigenvalue weighted by atomic mass is 10.2. The van der Waals surface area contributed by atoms with Gasteiger partial charge in [-0.1, -0.05) is 6.92 Å². The van der Waals surface area contributed by atoms with Gasteiger partial charge in [0, 0.05) is 18.7 Å². The van der Waals surface area contributed by atoms with E-state index in [-0.39, 0.29) is 17.9 Å². The standard InChI is InChI=1S/C13H18N2O4/c1-2-8-14-13(18)19-10-5-3-4-9(10)15-11(16)6-7-12(15)17/h6-7,9-10H,2-5,8H2,1H3,(H,14,18)/t9-,10-/m0/s1. The van der Waals surface area contributed by atoms with Crippen LogP contribution in [-0.2, 0) is 14.3 Å². The van der Waals surface area contributed by atoms with Gasteiger partial charge >= 0.3 is 6.09 Å². The van der Waals surface area contributed by atoms with Crippen LogP contribution in [-0.4, -0.2) is 41.5 Å². The van der Waals surface area contributed by atoms with Crippen molar-refractivity contribution in [2.24, 2.45) is 0 Å². The van der Waals surface area contributed by atoms with Gasteiger partial charge in [0.15, 0.2) is 0 Å². The van der Waals surface area contributed by atoms with Crippen molar-refractivity contribution >= 4 is 17.9 Å². The van der Waals surface area contributed by atoms with E-state index in [0.717, 1.165) is 12.8 Å². The first-order chi connectivity index (χ1) is 9.13. The second kappa shape index (κ2) is 5.86. The molecule has 1 aliphatic heterocycles. The highest BCUT2D eigenvalue weighted by Crippen LogP contribution is 2.28. The van der Waals surface area contributed by atoms with Crippen molar-refractivity contribution in [2.75, 3.05) is 6.54 Å². The van der Waals surface area contributed by atoms with Crippen molar-refractivity contribution in [3.8, 4) is 0 Å². The Labute approximate surface area is 111 Å². The molecule has 104 valence electrons. The van der Waals surface area contributed by atoms with E-state index >= 15 is 0 Å². The van der Waals surface area contributed by atoms with E-state index in [4.69, 9.17) is 4.74 Å². The Morgan fingerprint density at radius 2 is 2.05 bits per heavy atom. The highest BCUT2D eigenvalue weighted by Gasteiger charge is 2.40. The molecule has 0 unspecified atom stereocenters. The Morgan fingerprint density at radius 1 is 1.37 bits per heavy atom. The van der Waals surface area contributed by atoms with E-state index in [1.807, 2.05) is 6.92 Å². The van der Waals surface area contributed by atoms with Crippen molar-refractivity contribution in [1.29, 1.82) is 0 Å². The highest BCUT2D eigenvalue weighted by atomic mass is 16.6. The summed E-state index contributed by atoms with van der Waals surface area (Å²) >= 11 is 0. The molecule has 2 atom stereocenters. The molecular weight excluding hydrogens is 248 g/mol. The lowest BCUT2D eigenvalue weighted by Gasteiger charge is -2.27. The number of imide groups is 1. The lowest BCUT2D eigenvalue weighted by Crippen LogP contribution is -2.46. The third-order valence-corrected chi connectivity index (χ3v) is 3.37. The summed E-state index contributed by atoms with van der Waals surface area (Å²) in [6.07, 6.45) is 4.68. The molecule has 1 fully saturated rings. The van der Waals surface area contributed by atoms with E-state index in [9.17, 15) is 14.4 Å². The van der Waals surface area contributed by atoms with E-state index < -0.39 is 12.2 Å². The molecule has 0 bridgehead atoms. The van der Waals surface area contributed by atoms with Gasteiger partial charge in [-0.2, -0.15) is 0 Å². The number of nitrogens with one attached hydrogen (secondary N) is 1. The van der Waals surface area contributed by atoms with Crippen LogP contribution in [0, 0.1) is 0 Å². The summed E-state index contributed by atoms with van der Waals surface area (Å²) in [4.78, 5) is 36.0. The van der Waals surface area contributed by atoms with Gasteiger partial charge in [0.1, 0.15) is 6.10 Å². The number of amides is 3. The maximum atomic E-state index is 11.6. The van der Waals surface area contributed by atoms with Gasteiger partial charge in [0.05, 0.1) is 6.04 Å². The molecule has 0 aromatic rings. The van der Waals surface area contributed by atoms with Gasteiger partial charge in [0.2, 0.25) is 0 Å². The minimum Gasteiger partial charge on any atom is -0.444 e. The Kier molecular flexibility index (Phi) is 4.19. The molecule has 0 aromatic carbocycles. The summed E-state index contributed by atoms with van der Waals surface area (Å²) < 4.78 is 5.31. The van der Waals surface area contributed by atoms with Crippen LogP contribution in [0.4, 0.5) is 4.79 Å². The van der Waals surface area contributed by atoms with Gasteiger partial charge in [-0.15, -0.1) is 0 Å². The summed E-state index contributed by atoms with van der Waals surface area (Å²) in [7, 11) is 0. The molecule has 1 aliphatic carbocycles. The molecule has 0 spiro atoms. The van der Waals surface area contributed by atoms with Crippen LogP contribution in [0.3, 0.4) is 0 Å². The van der Waals surface area contributed by atoms with Gasteiger partial charge in [0.25, 0.3) is 11.8 Å². The van der Waals surface area contributed by atoms with Crippen molar-refractivity contribution in [3.63, 3.8) is 0 Å². The molecule has 2 aliphatic rings. The van der Waals surface area contributed by atoms with E-state index in [0.29, 0.717) is 19.4 Å². The first-order valence-electron chi connectivity index (χ1n) is 6.63. The zero-order valence-corrected chi connectivity index (χ0v) is 10.9. The number of hydrogen-bond acceptors (Lipinski definition) is 4. The molecule has 1 saturated carbocycles. The fraction of sp³-hybridized carbons (Fsp3) is 0.615. The summed E-state index contributed by atoms with van der Waals surface area (Å²) in [5, 5.41) is 2.63. The van der Waals surface area contributed by atoms with Crippen LogP contribution in [0.25, 0.3) is 0 Å². The van der Waals surface area contributed by atoms with Crippen molar-refractivity contribution in [1.82, 2.24) is 10.2 Å². The predicted octanol–water partition coefficient (Wildman–Crippen LogP) is 0.969. The number of carbonyl (C=O) groups is 3. The lowest BCUT2D eigenvalue weighted by molar-refractivity contribution is -0.141. The minimum absolute atomic E-state index is 0.320. The van der Waals surface area contributed by atoms with Crippen molar-refractivity contribution < 1.29 is 19.1 Å². The molecule has 1 N–H and O–H groups in total. The fourth-order valence-electron chi connectivity index (χ4n) is 2.48. The first-order valence-corrected chi connectivity index (χ1v) is 6.63. The Balaban J connectivity index is 1.95. The molecule has 0 radical (unpaired) electrons. The molecule has 0 saturated heterocycles. The number of ether oxygens (including phenoxy) is 1. The fourth-order valence-corrected chi connectivity index (χ4v) is 2.48. The second-order valence-electron chi connectivity index (χ2n) is 4.75. The van der Waals surface area contributed by atoms with Crippen molar-refractivity contribution in [2.45, 2.75) is 44.8 Å². The topological polar surface area (TPSA) is 75.7 Å². The average Bonchev–Trinajstić information content (AvgIpc) is 2.94. The van der Waals surface area contributed by atoms with Crippen LogP contribution in [0.2, 0.25) is 0 Å². The molecule has 6 heteroatoms. The quantitative estimate of drug-likeness (QED) is 0.769. The molecule has 2 rings (SSSR count). The highest BCUT2D eigenvalue weighted by molar-refractivity contribution is 6.13. The van der Waals surface area contributed by atoms with Gasteiger partial charge in [-0.25, -0.2) is 4.79 Å². The normalized spacial score (nSPS) is 26.1. The molecule has 0 aromatic heterocycles. The van der Waals surface area contributed by atoms with E-state index in [1.54, 1.807) is 0 Å². The third-order valence-electron chi connectivity index (χ3n) is 3.37. The summed E-state index contributed by atoms with van der Waals surface area (Å²) in [5.74, 6) is -0.640. The van der Waals surface area contributed by atoms with E-state index in [1.165, 1.54) is 17.1 Å². The number of alkyl carbamates (subject to hydrolysis) is 1. The Hall–Kier alpha value is -1.85. The molecule has 6 nitrogen and oxygen atoms in total. The molecule has 1 heterocycles. The number of hydrogen-bond donors (Lipinski definition) is 1. The molecule has 3 amide bonds. The second-order valence-corrected chi connectivity index (χ2v) is 4.75. The van der Waals surface area contributed by atoms with Gasteiger partial charge in [-0.3, -0.25) is 14.5 Å². The Morgan fingerprint density at radius 3 is 2.68 bits per heavy atom. The van der Waals surface area contributed by atoms with Crippen LogP contribution >= 0.6 is 0 Å². The van der Waals surface area contributed by atoms with Crippen LogP contribution in [0.1, 0.15) is 32.6 Å². The summed E-state index contributed by atoms with van der Waals surface area (Å²) in [6, 6.07) is -0.331. The van der Waals surface area contributed by atoms with Crippen molar-refractivity contribution in [3.05, 3.63) is 12.2 Å². The SMILES string of the molecule is CCCNC(=O)O[C@H]1CCC[C@@H]1N1C(=O)C=CC1=O. The predicted molar refractivity (Wildman–Crippen MR) is 67.2 cm³/mol. The number of nitrogens with zero attached hydrogens (tertiary/aromatic N) is 1. The number of carbonyl (C=O) groups excluding carboxylic acids is 3. The first kappa shape index (κ1) is 13.6. The average molecular weight is 266 g/mol. The zero-order chi connectivity index (χ0) is 13.8. The van der Waals surface area contributed by atoms with Crippen LogP contribution in [0.5, 0.6) is 0 Å². The number of rotatable bonds is 4. The largest absolute Gasteiger partial charge is 0.444 e. The summed E-state index contributed by atoms with van der Waals surface area (Å²) in [6.45, 7) is 2.51. The molecule has 19 heavy (non-hydrogen) atoms. The smallest absolute Gasteiger partial charge is 0.407 e. The maximum absolute atomic E-state index is 11.6. The zero-order valence-electron chi connectivity index (χ0n) is 10.9. The third kappa shape index (κ3) is 2.94. The van der Waals surface area contributed by atoms with Gasteiger partial charge in [-0.05, 0) is 25.7 Å². The van der Waals surface area contributed by atoms with Crippen LogP contribution < -0.4 is 5.32 Å². The summed E-state index contributed by atoms with van der Waals surface area (Å²) in [5.41, 5.74) is 0. The van der Waals surface area contributed by atoms with Crippen LogP contribution in [0.15, 0.2) is 12.2 Å².